The zero-order valence-corrected chi connectivity index (χ0v) is 10.5. The number of rotatable bonds is 3. The number of halogens is 1. The van der Waals surface area contributed by atoms with Crippen LogP contribution < -0.4 is 0 Å². The molecule has 0 saturated heterocycles. The molecule has 0 N–H and O–H groups in total. The third kappa shape index (κ3) is 2.00. The summed E-state index contributed by atoms with van der Waals surface area (Å²) in [5, 5.41) is 4.35. The summed E-state index contributed by atoms with van der Waals surface area (Å²) in [4.78, 5) is 13.6. The molecular formula is C11H9ClOS2. The molecule has 0 aromatic carbocycles. The van der Waals surface area contributed by atoms with E-state index >= 15 is 0 Å². The van der Waals surface area contributed by atoms with E-state index in [1.54, 1.807) is 6.07 Å². The summed E-state index contributed by atoms with van der Waals surface area (Å²) in [6.07, 6.45) is 0.883. The van der Waals surface area contributed by atoms with Crippen LogP contribution in [0.3, 0.4) is 0 Å². The average molecular weight is 257 g/mol. The normalized spacial score (nSPS) is 10.5. The Morgan fingerprint density at radius 1 is 1.27 bits per heavy atom. The van der Waals surface area contributed by atoms with E-state index in [0.29, 0.717) is 9.90 Å². The SMILES string of the molecule is CCc1ccsc1C(=O)c1sccc1Cl. The zero-order valence-electron chi connectivity index (χ0n) is 8.12. The van der Waals surface area contributed by atoms with Crippen molar-refractivity contribution in [2.24, 2.45) is 0 Å². The second kappa shape index (κ2) is 4.47. The molecule has 0 unspecified atom stereocenters. The minimum atomic E-state index is 0.0573. The van der Waals surface area contributed by atoms with Gasteiger partial charge in [0, 0.05) is 0 Å². The summed E-state index contributed by atoms with van der Waals surface area (Å²) < 4.78 is 0. The number of hydrogen-bond acceptors (Lipinski definition) is 3. The first-order valence-electron chi connectivity index (χ1n) is 4.58. The summed E-state index contributed by atoms with van der Waals surface area (Å²) >= 11 is 8.83. The van der Waals surface area contributed by atoms with Crippen LogP contribution in [-0.4, -0.2) is 5.78 Å². The van der Waals surface area contributed by atoms with Crippen molar-refractivity contribution in [3.8, 4) is 0 Å². The summed E-state index contributed by atoms with van der Waals surface area (Å²) in [6, 6.07) is 3.76. The Morgan fingerprint density at radius 2 is 1.93 bits per heavy atom. The smallest absolute Gasteiger partial charge is 0.214 e. The molecule has 2 heterocycles. The van der Waals surface area contributed by atoms with Gasteiger partial charge in [0.2, 0.25) is 5.78 Å². The Bertz CT molecular complexity index is 484. The predicted molar refractivity (Wildman–Crippen MR) is 66.5 cm³/mol. The molecule has 15 heavy (non-hydrogen) atoms. The maximum Gasteiger partial charge on any atom is 0.214 e. The van der Waals surface area contributed by atoms with E-state index in [1.165, 1.54) is 22.7 Å². The molecule has 1 nitrogen and oxygen atoms in total. The zero-order chi connectivity index (χ0) is 10.8. The van der Waals surface area contributed by atoms with Gasteiger partial charge in [0.25, 0.3) is 0 Å². The Kier molecular flexibility index (Phi) is 3.24. The number of ketones is 1. The van der Waals surface area contributed by atoms with Crippen LogP contribution in [0.1, 0.15) is 27.0 Å². The Morgan fingerprint density at radius 3 is 2.53 bits per heavy atom. The molecule has 78 valence electrons. The Balaban J connectivity index is 2.41. The fraction of sp³-hybridized carbons (Fsp3) is 0.182. The molecule has 2 aromatic heterocycles. The molecule has 2 aromatic rings. The molecule has 4 heteroatoms. The lowest BCUT2D eigenvalue weighted by atomic mass is 10.1. The molecule has 0 saturated carbocycles. The van der Waals surface area contributed by atoms with Crippen LogP contribution >= 0.6 is 34.3 Å². The van der Waals surface area contributed by atoms with Gasteiger partial charge in [-0.25, -0.2) is 0 Å². The molecule has 0 fully saturated rings. The fourth-order valence-electron chi connectivity index (χ4n) is 1.37. The molecule has 2 rings (SSSR count). The third-order valence-electron chi connectivity index (χ3n) is 2.16. The lowest BCUT2D eigenvalue weighted by Gasteiger charge is -1.98. The Labute approximate surface area is 101 Å². The minimum Gasteiger partial charge on any atom is -0.287 e. The van der Waals surface area contributed by atoms with Gasteiger partial charge >= 0.3 is 0 Å². The summed E-state index contributed by atoms with van der Waals surface area (Å²) in [5.74, 6) is 0.0573. The van der Waals surface area contributed by atoms with E-state index < -0.39 is 0 Å². The van der Waals surface area contributed by atoms with Gasteiger partial charge in [0.05, 0.1) is 14.8 Å². The summed E-state index contributed by atoms with van der Waals surface area (Å²) in [5.41, 5.74) is 1.11. The van der Waals surface area contributed by atoms with Crippen molar-refractivity contribution < 1.29 is 4.79 Å². The van der Waals surface area contributed by atoms with Crippen molar-refractivity contribution in [1.29, 1.82) is 0 Å². The fourth-order valence-corrected chi connectivity index (χ4v) is 3.47. The van der Waals surface area contributed by atoms with Crippen LogP contribution in [0, 0.1) is 0 Å². The van der Waals surface area contributed by atoms with Gasteiger partial charge in [-0.15, -0.1) is 22.7 Å². The van der Waals surface area contributed by atoms with Gasteiger partial charge < -0.3 is 0 Å². The highest BCUT2D eigenvalue weighted by atomic mass is 35.5. The van der Waals surface area contributed by atoms with Crippen LogP contribution in [0.5, 0.6) is 0 Å². The van der Waals surface area contributed by atoms with Gasteiger partial charge in [-0.1, -0.05) is 18.5 Å². The van der Waals surface area contributed by atoms with Gasteiger partial charge in [-0.05, 0) is 34.9 Å². The molecule has 0 atom stereocenters. The van der Waals surface area contributed by atoms with E-state index in [0.717, 1.165) is 16.9 Å². The van der Waals surface area contributed by atoms with Crippen LogP contribution in [-0.2, 0) is 6.42 Å². The van der Waals surface area contributed by atoms with Crippen LogP contribution in [0.4, 0.5) is 0 Å². The first-order valence-corrected chi connectivity index (χ1v) is 6.71. The number of hydrogen-bond donors (Lipinski definition) is 0. The van der Waals surface area contributed by atoms with Crippen molar-refractivity contribution in [1.82, 2.24) is 0 Å². The first-order chi connectivity index (χ1) is 7.24. The number of carbonyl (C=O) groups excluding carboxylic acids is 1. The largest absolute Gasteiger partial charge is 0.287 e. The molecule has 0 spiro atoms. The van der Waals surface area contributed by atoms with E-state index in [9.17, 15) is 4.79 Å². The summed E-state index contributed by atoms with van der Waals surface area (Å²) in [7, 11) is 0. The second-order valence-electron chi connectivity index (χ2n) is 3.06. The summed E-state index contributed by atoms with van der Waals surface area (Å²) in [6.45, 7) is 2.05. The van der Waals surface area contributed by atoms with Crippen molar-refractivity contribution >= 4 is 40.1 Å². The van der Waals surface area contributed by atoms with Gasteiger partial charge in [-0.2, -0.15) is 0 Å². The van der Waals surface area contributed by atoms with Crippen LogP contribution in [0.15, 0.2) is 22.9 Å². The molecule has 0 bridgehead atoms. The second-order valence-corrected chi connectivity index (χ2v) is 5.29. The third-order valence-corrected chi connectivity index (χ3v) is 4.45. The molecule has 0 aliphatic carbocycles. The van der Waals surface area contributed by atoms with Crippen molar-refractivity contribution in [2.45, 2.75) is 13.3 Å². The van der Waals surface area contributed by atoms with E-state index in [-0.39, 0.29) is 5.78 Å². The Hall–Kier alpha value is -0.640. The van der Waals surface area contributed by atoms with Gasteiger partial charge in [0.1, 0.15) is 0 Å². The predicted octanol–water partition coefficient (Wildman–Crippen LogP) is 4.26. The van der Waals surface area contributed by atoms with E-state index in [2.05, 4.69) is 6.92 Å². The highest BCUT2D eigenvalue weighted by molar-refractivity contribution is 7.16. The molecule has 0 radical (unpaired) electrons. The first kappa shape index (κ1) is 10.9. The topological polar surface area (TPSA) is 17.1 Å². The highest BCUT2D eigenvalue weighted by Crippen LogP contribution is 2.28. The van der Waals surface area contributed by atoms with E-state index in [1.807, 2.05) is 16.8 Å². The number of aryl methyl sites for hydroxylation is 1. The molecule has 0 aliphatic heterocycles. The standard InChI is InChI=1S/C11H9ClOS2/c1-2-7-3-5-14-10(7)9(13)11-8(12)4-6-15-11/h3-6H,2H2,1H3. The maximum atomic E-state index is 12.1. The highest BCUT2D eigenvalue weighted by Gasteiger charge is 2.17. The van der Waals surface area contributed by atoms with Gasteiger partial charge in [0.15, 0.2) is 0 Å². The molecular weight excluding hydrogens is 248 g/mol. The maximum absolute atomic E-state index is 12.1. The lowest BCUT2D eigenvalue weighted by molar-refractivity contribution is 0.104. The number of carbonyl (C=O) groups is 1. The quantitative estimate of drug-likeness (QED) is 0.750. The lowest BCUT2D eigenvalue weighted by Crippen LogP contribution is -1.99. The van der Waals surface area contributed by atoms with Gasteiger partial charge in [-0.3, -0.25) is 4.79 Å². The van der Waals surface area contributed by atoms with Crippen LogP contribution in [0.25, 0.3) is 0 Å². The van der Waals surface area contributed by atoms with Crippen molar-refractivity contribution in [3.63, 3.8) is 0 Å². The monoisotopic (exact) mass is 256 g/mol. The minimum absolute atomic E-state index is 0.0573. The number of thiophene rings is 2. The van der Waals surface area contributed by atoms with Crippen LogP contribution in [0.2, 0.25) is 5.02 Å². The average Bonchev–Trinajstić information content (AvgIpc) is 2.84. The van der Waals surface area contributed by atoms with E-state index in [4.69, 9.17) is 11.6 Å². The molecule has 0 amide bonds. The van der Waals surface area contributed by atoms with Crippen molar-refractivity contribution in [3.05, 3.63) is 43.2 Å². The van der Waals surface area contributed by atoms with Crippen molar-refractivity contribution in [2.75, 3.05) is 0 Å². The molecule has 0 aliphatic rings.